The Balaban J connectivity index is 2.48. The van der Waals surface area contributed by atoms with Crippen molar-refractivity contribution in [3.63, 3.8) is 0 Å². The molecule has 1 aromatic carbocycles. The molecule has 23 heavy (non-hydrogen) atoms. The number of ether oxygens (including phenoxy) is 1. The van der Waals surface area contributed by atoms with Gasteiger partial charge in [-0.15, -0.1) is 22.9 Å². The zero-order valence-corrected chi connectivity index (χ0v) is 14.0. The minimum absolute atomic E-state index is 0.135. The van der Waals surface area contributed by atoms with Crippen molar-refractivity contribution in [1.82, 2.24) is 9.78 Å². The molecule has 0 spiro atoms. The van der Waals surface area contributed by atoms with Crippen molar-refractivity contribution in [1.29, 1.82) is 0 Å². The highest BCUT2D eigenvalue weighted by Crippen LogP contribution is 2.35. The molecular weight excluding hydrogens is 338 g/mol. The van der Waals surface area contributed by atoms with Crippen LogP contribution >= 0.6 is 24.8 Å². The van der Waals surface area contributed by atoms with E-state index in [4.69, 9.17) is 17.0 Å². The monoisotopic (exact) mass is 351 g/mol. The van der Waals surface area contributed by atoms with Crippen LogP contribution in [0.2, 0.25) is 0 Å². The number of aromatic nitrogens is 2. The first-order valence-corrected chi connectivity index (χ1v) is 7.42. The van der Waals surface area contributed by atoms with Gasteiger partial charge in [0.15, 0.2) is 15.7 Å². The largest absolute Gasteiger partial charge is 0.476 e. The van der Waals surface area contributed by atoms with Gasteiger partial charge in [-0.3, -0.25) is 10.1 Å². The van der Waals surface area contributed by atoms with E-state index in [2.05, 4.69) is 28.0 Å². The number of rotatable bonds is 5. The molecule has 8 nitrogen and oxygen atoms in total. The average molecular weight is 351 g/mol. The minimum Gasteiger partial charge on any atom is -0.476 e. The molecule has 1 heterocycles. The Hall–Kier alpha value is -2.33. The summed E-state index contributed by atoms with van der Waals surface area (Å²) in [7, 11) is 0. The zero-order valence-electron chi connectivity index (χ0n) is 12.3. The molecule has 0 aliphatic heterocycles. The van der Waals surface area contributed by atoms with Crippen molar-refractivity contribution in [2.45, 2.75) is 13.8 Å². The van der Waals surface area contributed by atoms with Crippen LogP contribution < -0.4 is 4.74 Å². The Morgan fingerprint density at radius 2 is 2.17 bits per heavy atom. The van der Waals surface area contributed by atoms with E-state index in [1.165, 1.54) is 16.8 Å². The summed E-state index contributed by atoms with van der Waals surface area (Å²) in [4.78, 5) is 10.5. The van der Waals surface area contributed by atoms with Crippen LogP contribution in [0.5, 0.6) is 5.88 Å². The van der Waals surface area contributed by atoms with Crippen molar-refractivity contribution in [2.75, 3.05) is 6.61 Å². The molecule has 0 amide bonds. The first-order valence-electron chi connectivity index (χ1n) is 6.56. The molecule has 0 bridgehead atoms. The second kappa shape index (κ2) is 7.29. The van der Waals surface area contributed by atoms with Crippen LogP contribution in [-0.2, 0) is 0 Å². The molecule has 0 fully saturated rings. The number of benzene rings is 1. The van der Waals surface area contributed by atoms with Crippen LogP contribution in [0.25, 0.3) is 0 Å². The number of hydrogen-bond donors (Lipinski definition) is 1. The van der Waals surface area contributed by atoms with Crippen molar-refractivity contribution < 1.29 is 9.66 Å². The summed E-state index contributed by atoms with van der Waals surface area (Å²) in [6.45, 7) is 3.88. The van der Waals surface area contributed by atoms with Gasteiger partial charge in [0.2, 0.25) is 5.88 Å². The average Bonchev–Trinajstić information content (AvgIpc) is 2.82. The van der Waals surface area contributed by atoms with Gasteiger partial charge in [-0.1, -0.05) is 24.4 Å². The van der Waals surface area contributed by atoms with Crippen LogP contribution in [0, 0.1) is 17.0 Å². The fourth-order valence-corrected chi connectivity index (χ4v) is 2.08. The quantitative estimate of drug-likeness (QED) is 0.289. The normalized spacial score (nSPS) is 10.9. The van der Waals surface area contributed by atoms with Gasteiger partial charge in [-0.05, 0) is 19.9 Å². The summed E-state index contributed by atoms with van der Waals surface area (Å²) in [5.74, 6) is 0.298. The summed E-state index contributed by atoms with van der Waals surface area (Å²) < 4.78 is 7.02. The number of hydrogen-bond acceptors (Lipinski definition) is 7. The highest BCUT2D eigenvalue weighted by atomic mass is 32.1. The highest BCUT2D eigenvalue weighted by molar-refractivity contribution is 8.11. The van der Waals surface area contributed by atoms with Crippen molar-refractivity contribution in [3.8, 4) is 5.88 Å². The fraction of sp³-hybridized carbons (Fsp3) is 0.231. The molecule has 2 rings (SSSR count). The molecule has 10 heteroatoms. The van der Waals surface area contributed by atoms with Gasteiger partial charge < -0.3 is 4.74 Å². The number of azo groups is 1. The van der Waals surface area contributed by atoms with E-state index in [9.17, 15) is 10.1 Å². The third-order valence-corrected chi connectivity index (χ3v) is 3.15. The van der Waals surface area contributed by atoms with E-state index in [1.54, 1.807) is 26.0 Å². The first-order chi connectivity index (χ1) is 11.0. The molecule has 0 radical (unpaired) electrons. The molecule has 120 valence electrons. The third kappa shape index (κ3) is 3.71. The van der Waals surface area contributed by atoms with Gasteiger partial charge >= 0.3 is 0 Å². The van der Waals surface area contributed by atoms with E-state index in [0.717, 1.165) is 0 Å². The summed E-state index contributed by atoms with van der Waals surface area (Å²) in [6.07, 6.45) is 0. The van der Waals surface area contributed by atoms with Gasteiger partial charge in [0.05, 0.1) is 17.2 Å². The number of para-hydroxylation sites is 1. The van der Waals surface area contributed by atoms with Crippen LogP contribution in [0.4, 0.5) is 17.1 Å². The fourth-order valence-electron chi connectivity index (χ4n) is 1.82. The topological polar surface area (TPSA) is 94.9 Å². The Morgan fingerprint density at radius 3 is 2.78 bits per heavy atom. The lowest BCUT2D eigenvalue weighted by molar-refractivity contribution is -0.384. The number of nitro groups is 1. The maximum absolute atomic E-state index is 11.0. The van der Waals surface area contributed by atoms with Crippen LogP contribution in [-0.4, -0.2) is 25.6 Å². The molecule has 0 saturated carbocycles. The molecule has 0 N–H and O–H groups in total. The van der Waals surface area contributed by atoms with E-state index in [0.29, 0.717) is 23.9 Å². The number of thiol groups is 1. The lowest BCUT2D eigenvalue weighted by Crippen LogP contribution is -2.07. The van der Waals surface area contributed by atoms with Gasteiger partial charge in [0.25, 0.3) is 5.69 Å². The molecule has 2 aromatic rings. The highest BCUT2D eigenvalue weighted by Gasteiger charge is 2.19. The lowest BCUT2D eigenvalue weighted by atomic mass is 10.3. The molecule has 0 aliphatic carbocycles. The number of nitrogens with zero attached hydrogens (tertiary/aromatic N) is 5. The van der Waals surface area contributed by atoms with Gasteiger partial charge in [-0.2, -0.15) is 9.78 Å². The SMILES string of the molecule is CCOc1c(N=Nc2ccccc2[N+](=O)[O-])c(C)nn1C(=S)S. The lowest BCUT2D eigenvalue weighted by Gasteiger charge is -2.05. The van der Waals surface area contributed by atoms with Crippen molar-refractivity contribution >= 4 is 46.2 Å². The predicted molar refractivity (Wildman–Crippen MR) is 92.4 cm³/mol. The van der Waals surface area contributed by atoms with Crippen LogP contribution in [0.1, 0.15) is 12.6 Å². The molecule has 0 atom stereocenters. The summed E-state index contributed by atoms with van der Waals surface area (Å²) in [5, 5.41) is 23.2. The van der Waals surface area contributed by atoms with Crippen molar-refractivity contribution in [3.05, 3.63) is 40.1 Å². The summed E-state index contributed by atoms with van der Waals surface area (Å²) in [5.41, 5.74) is 0.873. The smallest absolute Gasteiger partial charge is 0.296 e. The van der Waals surface area contributed by atoms with E-state index >= 15 is 0 Å². The standard InChI is InChI=1S/C13H13N5O3S2/c1-3-21-12-11(8(2)16-17(12)13(22)23)15-14-9-6-4-5-7-10(9)18(19)20/h4-7H,3H2,1-2H3,(H,22,23). The molecule has 0 aliphatic rings. The van der Waals surface area contributed by atoms with Crippen LogP contribution in [0.3, 0.4) is 0 Å². The second-order valence-corrected chi connectivity index (χ2v) is 5.43. The second-order valence-electron chi connectivity index (χ2n) is 4.31. The van der Waals surface area contributed by atoms with Gasteiger partial charge in [0.1, 0.15) is 0 Å². The van der Waals surface area contributed by atoms with E-state index in [1.807, 2.05) is 0 Å². The third-order valence-electron chi connectivity index (χ3n) is 2.79. The Bertz CT molecular complexity index is 788. The Labute approximate surface area is 142 Å². The number of thiocarbonyl (C=S) groups is 1. The van der Waals surface area contributed by atoms with E-state index in [-0.39, 0.29) is 15.7 Å². The Morgan fingerprint density at radius 1 is 1.48 bits per heavy atom. The van der Waals surface area contributed by atoms with E-state index < -0.39 is 4.92 Å². The summed E-state index contributed by atoms with van der Waals surface area (Å²) in [6, 6.07) is 6.07. The van der Waals surface area contributed by atoms with Crippen LogP contribution in [0.15, 0.2) is 34.5 Å². The maximum atomic E-state index is 11.0. The molecular formula is C13H13N5O3S2. The number of aryl methyl sites for hydroxylation is 1. The number of nitro benzene ring substituents is 1. The first kappa shape index (κ1) is 17.0. The molecule has 0 unspecified atom stereocenters. The maximum Gasteiger partial charge on any atom is 0.296 e. The molecule has 0 saturated heterocycles. The van der Waals surface area contributed by atoms with Gasteiger partial charge in [-0.25, -0.2) is 0 Å². The predicted octanol–water partition coefficient (Wildman–Crippen LogP) is 3.98. The van der Waals surface area contributed by atoms with Gasteiger partial charge in [0, 0.05) is 6.07 Å². The minimum atomic E-state index is -0.517. The Kier molecular flexibility index (Phi) is 5.40. The molecule has 1 aromatic heterocycles. The van der Waals surface area contributed by atoms with Crippen molar-refractivity contribution in [2.24, 2.45) is 10.2 Å². The zero-order chi connectivity index (χ0) is 17.0. The summed E-state index contributed by atoms with van der Waals surface area (Å²) >= 11 is 9.07.